The monoisotopic (exact) mass is 407 g/mol. The van der Waals surface area contributed by atoms with Crippen molar-refractivity contribution in [1.82, 2.24) is 9.88 Å². The number of amides is 2. The number of halogens is 1. The fourth-order valence-corrected chi connectivity index (χ4v) is 4.16. The maximum absolute atomic E-state index is 13.2. The molecule has 1 aliphatic carbocycles. The third-order valence-corrected chi connectivity index (χ3v) is 5.79. The average molecular weight is 407 g/mol. The minimum atomic E-state index is -0.352. The van der Waals surface area contributed by atoms with Gasteiger partial charge < -0.3 is 15.2 Å². The molecule has 2 amide bonds. The summed E-state index contributed by atoms with van der Waals surface area (Å²) in [5.74, 6) is -0.352. The number of aromatic nitrogens is 1. The van der Waals surface area contributed by atoms with Gasteiger partial charge in [0.2, 0.25) is 0 Å². The van der Waals surface area contributed by atoms with E-state index in [1.807, 2.05) is 31.2 Å². The first-order valence-electron chi connectivity index (χ1n) is 10.5. The van der Waals surface area contributed by atoms with E-state index in [1.165, 1.54) is 30.7 Å². The van der Waals surface area contributed by atoms with Crippen molar-refractivity contribution < 1.29 is 9.18 Å². The van der Waals surface area contributed by atoms with Gasteiger partial charge in [-0.25, -0.2) is 9.18 Å². The third kappa shape index (κ3) is 4.53. The molecule has 156 valence electrons. The van der Waals surface area contributed by atoms with E-state index in [4.69, 9.17) is 0 Å². The summed E-state index contributed by atoms with van der Waals surface area (Å²) in [5, 5.41) is 3.81. The highest BCUT2D eigenvalue weighted by atomic mass is 19.1. The highest BCUT2D eigenvalue weighted by molar-refractivity contribution is 5.89. The highest BCUT2D eigenvalue weighted by Gasteiger charge is 2.26. The Bertz CT molecular complexity index is 1100. The van der Waals surface area contributed by atoms with Gasteiger partial charge in [0.25, 0.3) is 5.56 Å². The number of nitrogens with zero attached hydrogens (tertiary/aromatic N) is 1. The molecule has 0 radical (unpaired) electrons. The van der Waals surface area contributed by atoms with Gasteiger partial charge in [-0.15, -0.1) is 0 Å². The zero-order valence-electron chi connectivity index (χ0n) is 17.1. The molecule has 0 atom stereocenters. The minimum Gasteiger partial charge on any atom is -0.322 e. The number of aromatic amines is 1. The Hall–Kier alpha value is -3.15. The molecule has 30 heavy (non-hydrogen) atoms. The molecular weight excluding hydrogens is 381 g/mol. The summed E-state index contributed by atoms with van der Waals surface area (Å²) >= 11 is 0. The molecule has 2 N–H and O–H groups in total. The van der Waals surface area contributed by atoms with Crippen molar-refractivity contribution in [2.45, 2.75) is 51.6 Å². The second-order valence-corrected chi connectivity index (χ2v) is 8.07. The van der Waals surface area contributed by atoms with Crippen LogP contribution in [0.5, 0.6) is 0 Å². The molecule has 5 nitrogen and oxygen atoms in total. The fourth-order valence-electron chi connectivity index (χ4n) is 4.16. The lowest BCUT2D eigenvalue weighted by Crippen LogP contribution is -2.44. The quantitative estimate of drug-likeness (QED) is 0.613. The first-order chi connectivity index (χ1) is 14.5. The Labute approximate surface area is 174 Å². The Morgan fingerprint density at radius 2 is 1.83 bits per heavy atom. The first kappa shape index (κ1) is 20.1. The Balaban J connectivity index is 1.63. The fraction of sp³-hybridized carbons (Fsp3) is 0.333. The van der Waals surface area contributed by atoms with Crippen LogP contribution in [0.25, 0.3) is 10.9 Å². The van der Waals surface area contributed by atoms with Gasteiger partial charge in [-0.1, -0.05) is 30.9 Å². The Kier molecular flexibility index (Phi) is 5.84. The Morgan fingerprint density at radius 3 is 2.57 bits per heavy atom. The topological polar surface area (TPSA) is 65.2 Å². The van der Waals surface area contributed by atoms with Crippen molar-refractivity contribution in [3.63, 3.8) is 0 Å². The number of urea groups is 1. The summed E-state index contributed by atoms with van der Waals surface area (Å²) in [4.78, 5) is 30.5. The summed E-state index contributed by atoms with van der Waals surface area (Å²) in [5.41, 5.74) is 2.81. The second-order valence-electron chi connectivity index (χ2n) is 8.07. The van der Waals surface area contributed by atoms with Crippen LogP contribution in [0.1, 0.15) is 43.2 Å². The summed E-state index contributed by atoms with van der Waals surface area (Å²) in [6, 6.07) is 13.3. The summed E-state index contributed by atoms with van der Waals surface area (Å²) in [6.45, 7) is 2.24. The van der Waals surface area contributed by atoms with E-state index in [1.54, 1.807) is 4.90 Å². The lowest BCUT2D eigenvalue weighted by molar-refractivity contribution is 0.162. The Morgan fingerprint density at radius 1 is 1.10 bits per heavy atom. The molecule has 6 heteroatoms. The zero-order valence-corrected chi connectivity index (χ0v) is 17.1. The molecule has 0 aliphatic heterocycles. The number of hydrogen-bond donors (Lipinski definition) is 2. The van der Waals surface area contributed by atoms with E-state index < -0.39 is 0 Å². The number of H-pyrrole nitrogens is 1. The van der Waals surface area contributed by atoms with Crippen molar-refractivity contribution in [3.05, 3.63) is 75.8 Å². The van der Waals surface area contributed by atoms with Crippen LogP contribution in [0.3, 0.4) is 0 Å². The molecule has 2 aromatic carbocycles. The number of rotatable bonds is 4. The van der Waals surface area contributed by atoms with Crippen LogP contribution in [0.15, 0.2) is 53.3 Å². The SMILES string of the molecule is Cc1ccc2[nH]c(=O)c(CN(C(=O)Nc3ccc(F)cc3)C3CCCCC3)cc2c1. The maximum atomic E-state index is 13.2. The second kappa shape index (κ2) is 8.69. The van der Waals surface area contributed by atoms with Crippen molar-refractivity contribution in [1.29, 1.82) is 0 Å². The van der Waals surface area contributed by atoms with E-state index in [0.29, 0.717) is 11.3 Å². The number of benzene rings is 2. The molecule has 1 aromatic heterocycles. The number of hydrogen-bond acceptors (Lipinski definition) is 2. The van der Waals surface area contributed by atoms with Gasteiger partial charge in [0.05, 0.1) is 6.54 Å². The van der Waals surface area contributed by atoms with Gasteiger partial charge in [-0.05, 0) is 67.6 Å². The van der Waals surface area contributed by atoms with Crippen LogP contribution in [0.4, 0.5) is 14.9 Å². The van der Waals surface area contributed by atoms with Crippen molar-refractivity contribution >= 4 is 22.6 Å². The van der Waals surface area contributed by atoms with Crippen molar-refractivity contribution in [3.8, 4) is 0 Å². The van der Waals surface area contributed by atoms with Crippen LogP contribution >= 0.6 is 0 Å². The zero-order chi connectivity index (χ0) is 21.1. The summed E-state index contributed by atoms with van der Waals surface area (Å²) in [6.07, 6.45) is 5.14. The molecule has 4 rings (SSSR count). The van der Waals surface area contributed by atoms with Crippen molar-refractivity contribution in [2.75, 3.05) is 5.32 Å². The molecule has 0 spiro atoms. The van der Waals surface area contributed by atoms with Crippen LogP contribution in [-0.2, 0) is 6.54 Å². The predicted octanol–water partition coefficient (Wildman–Crippen LogP) is 5.34. The van der Waals surface area contributed by atoms with Gasteiger partial charge in [0.15, 0.2) is 0 Å². The van der Waals surface area contributed by atoms with Crippen LogP contribution in [0.2, 0.25) is 0 Å². The van der Waals surface area contributed by atoms with Crippen molar-refractivity contribution in [2.24, 2.45) is 0 Å². The lowest BCUT2D eigenvalue weighted by Gasteiger charge is -2.34. The molecule has 0 bridgehead atoms. The van der Waals surface area contributed by atoms with Crippen LogP contribution in [-0.4, -0.2) is 22.0 Å². The van der Waals surface area contributed by atoms with Gasteiger partial charge in [-0.3, -0.25) is 4.79 Å². The molecule has 3 aromatic rings. The van der Waals surface area contributed by atoms with E-state index in [2.05, 4.69) is 10.3 Å². The number of fused-ring (bicyclic) bond motifs is 1. The molecule has 1 fully saturated rings. The van der Waals surface area contributed by atoms with E-state index in [0.717, 1.165) is 42.1 Å². The maximum Gasteiger partial charge on any atom is 0.322 e. The standard InChI is InChI=1S/C24H26FN3O2/c1-16-7-12-22-17(13-16)14-18(23(29)27-22)15-28(21-5-3-2-4-6-21)24(30)26-20-10-8-19(25)9-11-20/h7-14,21H,2-6,15H2,1H3,(H,26,30)(H,27,29). The number of nitrogens with one attached hydrogen (secondary N) is 2. The largest absolute Gasteiger partial charge is 0.322 e. The van der Waals surface area contributed by atoms with Gasteiger partial charge in [0, 0.05) is 22.8 Å². The number of aryl methyl sites for hydroxylation is 1. The van der Waals surface area contributed by atoms with Gasteiger partial charge in [-0.2, -0.15) is 0 Å². The molecule has 0 saturated heterocycles. The molecular formula is C24H26FN3O2. The summed E-state index contributed by atoms with van der Waals surface area (Å²) in [7, 11) is 0. The van der Waals surface area contributed by atoms with E-state index in [-0.39, 0.29) is 30.0 Å². The molecule has 0 unspecified atom stereocenters. The molecule has 1 heterocycles. The number of anilines is 1. The molecule has 1 aliphatic rings. The third-order valence-electron chi connectivity index (χ3n) is 5.79. The van der Waals surface area contributed by atoms with Crippen LogP contribution < -0.4 is 10.9 Å². The average Bonchev–Trinajstić information content (AvgIpc) is 2.74. The smallest absolute Gasteiger partial charge is 0.322 e. The number of carbonyl (C=O) groups is 1. The van der Waals surface area contributed by atoms with E-state index >= 15 is 0 Å². The normalized spacial score (nSPS) is 14.6. The lowest BCUT2D eigenvalue weighted by atomic mass is 9.94. The first-order valence-corrected chi connectivity index (χ1v) is 10.5. The highest BCUT2D eigenvalue weighted by Crippen LogP contribution is 2.25. The van der Waals surface area contributed by atoms with Gasteiger partial charge >= 0.3 is 6.03 Å². The number of pyridine rings is 1. The molecule has 1 saturated carbocycles. The van der Waals surface area contributed by atoms with E-state index in [9.17, 15) is 14.0 Å². The number of carbonyl (C=O) groups excluding carboxylic acids is 1. The predicted molar refractivity (Wildman–Crippen MR) is 117 cm³/mol. The van der Waals surface area contributed by atoms with Crippen LogP contribution in [0, 0.1) is 12.7 Å². The van der Waals surface area contributed by atoms with Gasteiger partial charge in [0.1, 0.15) is 5.82 Å². The minimum absolute atomic E-state index is 0.0757. The summed E-state index contributed by atoms with van der Waals surface area (Å²) < 4.78 is 13.2.